The number of ether oxygens (including phenoxy) is 1. The minimum Gasteiger partial charge on any atom is -0.744 e. The first-order valence-corrected chi connectivity index (χ1v) is 16.6. The van der Waals surface area contributed by atoms with Crippen LogP contribution in [0.15, 0.2) is 111 Å². The molecule has 0 saturated heterocycles. The number of carbonyl (C=O) groups is 1. The predicted molar refractivity (Wildman–Crippen MR) is 174 cm³/mol. The zero-order valence-electron chi connectivity index (χ0n) is 25.9. The molecular weight excluding hydrogens is 689 g/mol. The van der Waals surface area contributed by atoms with Crippen LogP contribution in [0.2, 0.25) is 0 Å². The Balaban J connectivity index is 0.00000541. The summed E-state index contributed by atoms with van der Waals surface area (Å²) < 4.78 is 68.8. The Kier molecular flexibility index (Phi) is 11.1. The Morgan fingerprint density at radius 2 is 1.65 bits per heavy atom. The molecule has 18 heteroatoms. The first-order valence-electron chi connectivity index (χ1n) is 13.7. The zero-order chi connectivity index (χ0) is 34.8. The van der Waals surface area contributed by atoms with Crippen molar-refractivity contribution < 1.29 is 70.5 Å². The number of fused-ring (bicyclic) bond motifs is 1. The minimum absolute atomic E-state index is 0. The van der Waals surface area contributed by atoms with Crippen molar-refractivity contribution in [1.82, 2.24) is 0 Å². The molecule has 5 aromatic carbocycles. The van der Waals surface area contributed by atoms with E-state index >= 15 is 0 Å². The SMILES string of the molecule is COc1ccc(S(=O)(=O)[O-])cc1NS(=O)(=O)c1cc(N=Nc2c(O)c(C(=O)Nc3cccc([N+](=O)[O-])c3)cc3ccccc23)ccc1C.[Na+]. The molecule has 0 bridgehead atoms. The molecule has 5 aromatic rings. The van der Waals surface area contributed by atoms with E-state index in [1.165, 1.54) is 56.5 Å². The third-order valence-corrected chi connectivity index (χ3v) is 9.32. The van der Waals surface area contributed by atoms with E-state index in [2.05, 4.69) is 20.3 Å². The minimum atomic E-state index is -4.91. The van der Waals surface area contributed by atoms with E-state index in [9.17, 15) is 41.4 Å². The molecule has 0 fully saturated rings. The Labute approximate surface area is 301 Å². The number of benzene rings is 5. The number of rotatable bonds is 10. The summed E-state index contributed by atoms with van der Waals surface area (Å²) >= 11 is 0. The Bertz CT molecular complexity index is 2370. The Hall–Kier alpha value is -4.91. The van der Waals surface area contributed by atoms with E-state index in [0.717, 1.165) is 24.3 Å². The van der Waals surface area contributed by atoms with Crippen molar-refractivity contribution in [2.45, 2.75) is 16.7 Å². The molecule has 0 aliphatic heterocycles. The van der Waals surface area contributed by atoms with E-state index in [-0.39, 0.29) is 79.8 Å². The number of anilines is 2. The van der Waals surface area contributed by atoms with Gasteiger partial charge in [0.2, 0.25) is 0 Å². The number of phenols is 1. The van der Waals surface area contributed by atoms with Gasteiger partial charge in [-0.05, 0) is 60.3 Å². The molecule has 246 valence electrons. The number of amides is 1. The monoisotopic (exact) mass is 713 g/mol. The molecule has 0 spiro atoms. The number of methoxy groups -OCH3 is 1. The molecule has 1 amide bonds. The maximum Gasteiger partial charge on any atom is 1.00 e. The average Bonchev–Trinajstić information content (AvgIpc) is 3.04. The zero-order valence-corrected chi connectivity index (χ0v) is 29.6. The number of nitrogens with one attached hydrogen (secondary N) is 2. The molecular formula is C31H24N5NaO10S2. The molecule has 0 aliphatic carbocycles. The number of nitro benzene ring substituents is 1. The molecule has 0 aromatic heterocycles. The van der Waals surface area contributed by atoms with E-state index in [0.29, 0.717) is 10.8 Å². The van der Waals surface area contributed by atoms with Gasteiger partial charge >= 0.3 is 29.6 Å². The van der Waals surface area contributed by atoms with Crippen LogP contribution in [0.1, 0.15) is 15.9 Å². The maximum absolute atomic E-state index is 13.4. The number of hydrogen-bond donors (Lipinski definition) is 3. The topological polar surface area (TPSA) is 230 Å². The Morgan fingerprint density at radius 3 is 2.35 bits per heavy atom. The number of carbonyl (C=O) groups excluding carboxylic acids is 1. The van der Waals surface area contributed by atoms with E-state index in [1.54, 1.807) is 24.3 Å². The number of hydrogen-bond acceptors (Lipinski definition) is 12. The van der Waals surface area contributed by atoms with Crippen LogP contribution in [-0.4, -0.2) is 44.4 Å². The fourth-order valence-corrected chi connectivity index (χ4v) is 6.48. The van der Waals surface area contributed by atoms with Crippen LogP contribution in [0, 0.1) is 17.0 Å². The van der Waals surface area contributed by atoms with Crippen LogP contribution in [0.25, 0.3) is 10.8 Å². The number of phenolic OH excluding ortho intramolecular Hbond substituents is 1. The number of sulfonamides is 1. The largest absolute Gasteiger partial charge is 1.00 e. The van der Waals surface area contributed by atoms with Gasteiger partial charge in [0.05, 0.1) is 38.8 Å². The summed E-state index contributed by atoms with van der Waals surface area (Å²) in [6, 6.07) is 20.4. The number of nitrogens with zero attached hydrogens (tertiary/aromatic N) is 3. The van der Waals surface area contributed by atoms with Crippen molar-refractivity contribution in [3.05, 3.63) is 112 Å². The van der Waals surface area contributed by atoms with Gasteiger partial charge in [-0.2, -0.15) is 5.11 Å². The van der Waals surface area contributed by atoms with Crippen molar-refractivity contribution in [2.24, 2.45) is 10.2 Å². The van der Waals surface area contributed by atoms with Crippen molar-refractivity contribution in [1.29, 1.82) is 0 Å². The fourth-order valence-electron chi connectivity index (χ4n) is 4.66. The van der Waals surface area contributed by atoms with E-state index in [1.807, 2.05) is 0 Å². The van der Waals surface area contributed by atoms with Gasteiger partial charge < -0.3 is 19.7 Å². The summed E-state index contributed by atoms with van der Waals surface area (Å²) in [5, 5.41) is 34.0. The first kappa shape index (κ1) is 36.9. The number of nitro groups is 1. The molecule has 5 rings (SSSR count). The summed E-state index contributed by atoms with van der Waals surface area (Å²) in [6.45, 7) is 1.51. The predicted octanol–water partition coefficient (Wildman–Crippen LogP) is 3.15. The fraction of sp³-hybridized carbons (Fsp3) is 0.0645. The smallest absolute Gasteiger partial charge is 0.744 e. The third-order valence-electron chi connectivity index (χ3n) is 6.99. The second kappa shape index (κ2) is 14.7. The second-order valence-corrected chi connectivity index (χ2v) is 13.2. The summed E-state index contributed by atoms with van der Waals surface area (Å²) in [5.41, 5.74) is -0.436. The Morgan fingerprint density at radius 1 is 0.918 bits per heavy atom. The van der Waals surface area contributed by atoms with Crippen LogP contribution in [0.5, 0.6) is 11.5 Å². The second-order valence-electron chi connectivity index (χ2n) is 10.2. The van der Waals surface area contributed by atoms with Crippen LogP contribution in [-0.2, 0) is 20.1 Å². The van der Waals surface area contributed by atoms with Crippen molar-refractivity contribution in [2.75, 3.05) is 17.1 Å². The number of aromatic hydroxyl groups is 1. The van der Waals surface area contributed by atoms with Crippen LogP contribution in [0.3, 0.4) is 0 Å². The van der Waals surface area contributed by atoms with E-state index < -0.39 is 41.6 Å². The standard InChI is InChI=1S/C31H25N5O10S2.Na/c1-18-10-11-21(16-28(18)47(41,42)35-26-17-23(48(43,44)45)12-13-27(26)46-2)33-34-29-24-9-4-3-6-19(24)14-25(30(29)37)31(38)32-20-7-5-8-22(15-20)36(39)40;/h3-17,35,37H,1-2H3,(H,32,38)(H,43,44,45);/q;+1/p-1. The molecule has 0 atom stereocenters. The molecule has 0 unspecified atom stereocenters. The molecule has 0 radical (unpaired) electrons. The van der Waals surface area contributed by atoms with Gasteiger partial charge in [0, 0.05) is 23.2 Å². The average molecular weight is 714 g/mol. The third kappa shape index (κ3) is 8.22. The van der Waals surface area contributed by atoms with Gasteiger partial charge in [-0.3, -0.25) is 19.6 Å². The molecule has 49 heavy (non-hydrogen) atoms. The summed E-state index contributed by atoms with van der Waals surface area (Å²) in [6.07, 6.45) is 0. The van der Waals surface area contributed by atoms with Crippen molar-refractivity contribution >= 4 is 65.3 Å². The van der Waals surface area contributed by atoms with Crippen LogP contribution in [0.4, 0.5) is 28.4 Å². The molecule has 0 aliphatic rings. The van der Waals surface area contributed by atoms with Crippen molar-refractivity contribution in [3.8, 4) is 11.5 Å². The normalized spacial score (nSPS) is 11.6. The molecule has 0 saturated carbocycles. The van der Waals surface area contributed by atoms with Crippen LogP contribution < -0.4 is 44.3 Å². The first-order chi connectivity index (χ1) is 22.7. The van der Waals surface area contributed by atoms with E-state index in [4.69, 9.17) is 4.74 Å². The summed E-state index contributed by atoms with van der Waals surface area (Å²) in [5.74, 6) is -1.38. The molecule has 15 nitrogen and oxygen atoms in total. The van der Waals surface area contributed by atoms with Gasteiger partial charge in [0.1, 0.15) is 21.6 Å². The van der Waals surface area contributed by atoms with Gasteiger partial charge in [0.15, 0.2) is 5.75 Å². The van der Waals surface area contributed by atoms with Crippen LogP contribution >= 0.6 is 0 Å². The summed E-state index contributed by atoms with van der Waals surface area (Å²) in [7, 11) is -8.09. The van der Waals surface area contributed by atoms with Gasteiger partial charge in [0.25, 0.3) is 21.6 Å². The van der Waals surface area contributed by atoms with Gasteiger partial charge in [-0.1, -0.05) is 36.4 Å². The number of azo groups is 1. The van der Waals surface area contributed by atoms with Gasteiger partial charge in [-0.15, -0.1) is 5.11 Å². The van der Waals surface area contributed by atoms with Crippen molar-refractivity contribution in [3.63, 3.8) is 0 Å². The number of non-ortho nitro benzene ring substituents is 1. The summed E-state index contributed by atoms with van der Waals surface area (Å²) in [4.78, 5) is 22.8. The molecule has 3 N–H and O–H groups in total. The maximum atomic E-state index is 13.4. The quantitative estimate of drug-likeness (QED) is 0.0629. The molecule has 0 heterocycles. The van der Waals surface area contributed by atoms with Gasteiger partial charge in [-0.25, -0.2) is 16.8 Å². The number of aryl methyl sites for hydroxylation is 1.